The van der Waals surface area contributed by atoms with Crippen LogP contribution in [0.15, 0.2) is 59.0 Å². The molecule has 2 aromatic carbocycles. The summed E-state index contributed by atoms with van der Waals surface area (Å²) in [5.74, 6) is 0.811. The highest BCUT2D eigenvalue weighted by Crippen LogP contribution is 2.32. The van der Waals surface area contributed by atoms with Crippen LogP contribution in [0.1, 0.15) is 6.92 Å². The molecule has 0 atom stereocenters. The fourth-order valence-corrected chi connectivity index (χ4v) is 3.18. The number of halogens is 2. The van der Waals surface area contributed by atoms with Crippen molar-refractivity contribution in [2.24, 2.45) is 5.10 Å². The fraction of sp³-hybridized carbons (Fsp3) is 0.111. The molecule has 0 unspecified atom stereocenters. The largest absolute Gasteiger partial charge is 0.488 e. The second-order valence-corrected chi connectivity index (χ2v) is 6.92. The second kappa shape index (κ2) is 8.34. The molecule has 0 aliphatic carbocycles. The number of hydrogen-bond acceptors (Lipinski definition) is 5. The molecule has 0 fully saturated rings. The minimum atomic E-state index is 0.401. The Balaban J connectivity index is 1.61. The maximum atomic E-state index is 6.22. The zero-order valence-corrected chi connectivity index (χ0v) is 15.7. The Morgan fingerprint density at radius 1 is 1.20 bits per heavy atom. The summed E-state index contributed by atoms with van der Waals surface area (Å²) < 4.78 is 5.64. The molecule has 4 nitrogen and oxygen atoms in total. The van der Waals surface area contributed by atoms with Crippen molar-refractivity contribution in [3.63, 3.8) is 0 Å². The summed E-state index contributed by atoms with van der Waals surface area (Å²) in [4.78, 5) is 4.49. The van der Waals surface area contributed by atoms with Gasteiger partial charge in [-0.2, -0.15) is 5.10 Å². The van der Waals surface area contributed by atoms with Gasteiger partial charge in [0, 0.05) is 16.0 Å². The first kappa shape index (κ1) is 17.7. The number of nitrogens with zero attached hydrogens (tertiary/aromatic N) is 2. The number of ether oxygens (including phenoxy) is 1. The SMILES string of the molecule is C/C(COc1ccccc1)=N\Nc1nc(-c2ccc(Cl)cc2Cl)cs1. The van der Waals surface area contributed by atoms with Gasteiger partial charge in [-0.15, -0.1) is 11.3 Å². The molecular weight excluding hydrogens is 377 g/mol. The summed E-state index contributed by atoms with van der Waals surface area (Å²) in [7, 11) is 0. The van der Waals surface area contributed by atoms with Gasteiger partial charge in [-0.05, 0) is 37.3 Å². The zero-order chi connectivity index (χ0) is 17.6. The molecular formula is C18H15Cl2N3OS. The van der Waals surface area contributed by atoms with E-state index in [4.69, 9.17) is 27.9 Å². The van der Waals surface area contributed by atoms with Crippen LogP contribution >= 0.6 is 34.5 Å². The number of thiazole rings is 1. The lowest BCUT2D eigenvalue weighted by Gasteiger charge is -2.05. The van der Waals surface area contributed by atoms with Crippen LogP contribution in [0.2, 0.25) is 10.0 Å². The smallest absolute Gasteiger partial charge is 0.203 e. The average Bonchev–Trinajstić information content (AvgIpc) is 3.08. The molecule has 3 aromatic rings. The van der Waals surface area contributed by atoms with Gasteiger partial charge in [0.2, 0.25) is 5.13 Å². The van der Waals surface area contributed by atoms with E-state index >= 15 is 0 Å². The molecule has 0 aliphatic heterocycles. The third-order valence-electron chi connectivity index (χ3n) is 3.24. The predicted molar refractivity (Wildman–Crippen MR) is 106 cm³/mol. The van der Waals surface area contributed by atoms with E-state index in [0.717, 1.165) is 22.7 Å². The van der Waals surface area contributed by atoms with Crippen molar-refractivity contribution in [2.45, 2.75) is 6.92 Å². The van der Waals surface area contributed by atoms with Crippen LogP contribution in [0.25, 0.3) is 11.3 Å². The lowest BCUT2D eigenvalue weighted by Crippen LogP contribution is -2.09. The van der Waals surface area contributed by atoms with Crippen molar-refractivity contribution in [2.75, 3.05) is 12.0 Å². The minimum absolute atomic E-state index is 0.401. The van der Waals surface area contributed by atoms with Crippen molar-refractivity contribution >= 4 is 45.4 Å². The average molecular weight is 392 g/mol. The van der Waals surface area contributed by atoms with E-state index in [2.05, 4.69) is 15.5 Å². The van der Waals surface area contributed by atoms with Gasteiger partial charge < -0.3 is 4.74 Å². The standard InChI is InChI=1S/C18H15Cl2N3OS/c1-12(10-24-14-5-3-2-4-6-14)22-23-18-21-17(11-25-18)15-8-7-13(19)9-16(15)20/h2-9,11H,10H2,1H3,(H,21,23)/b22-12+. The van der Waals surface area contributed by atoms with Crippen molar-refractivity contribution < 1.29 is 4.74 Å². The molecule has 0 radical (unpaired) electrons. The van der Waals surface area contributed by atoms with Gasteiger partial charge in [0.1, 0.15) is 12.4 Å². The van der Waals surface area contributed by atoms with Gasteiger partial charge in [0.15, 0.2) is 0 Å². The molecule has 0 saturated heterocycles. The number of rotatable bonds is 6. The highest BCUT2D eigenvalue weighted by molar-refractivity contribution is 7.14. The first-order chi connectivity index (χ1) is 12.1. The summed E-state index contributed by atoms with van der Waals surface area (Å²) in [6.45, 7) is 2.29. The summed E-state index contributed by atoms with van der Waals surface area (Å²) in [6.07, 6.45) is 0. The Hall–Kier alpha value is -2.08. The minimum Gasteiger partial charge on any atom is -0.488 e. The van der Waals surface area contributed by atoms with Crippen molar-refractivity contribution in [1.82, 2.24) is 4.98 Å². The Labute approximate surface area is 160 Å². The Kier molecular flexibility index (Phi) is 5.91. The second-order valence-electron chi connectivity index (χ2n) is 5.22. The third kappa shape index (κ3) is 4.95. The summed E-state index contributed by atoms with van der Waals surface area (Å²) >= 11 is 13.6. The van der Waals surface area contributed by atoms with E-state index in [1.807, 2.05) is 48.7 Å². The van der Waals surface area contributed by atoms with Gasteiger partial charge in [-0.3, -0.25) is 5.43 Å². The lowest BCUT2D eigenvalue weighted by atomic mass is 10.2. The zero-order valence-electron chi connectivity index (χ0n) is 13.4. The predicted octanol–water partition coefficient (Wildman–Crippen LogP) is 5.98. The number of benzene rings is 2. The van der Waals surface area contributed by atoms with E-state index in [9.17, 15) is 0 Å². The van der Waals surface area contributed by atoms with Crippen LogP contribution in [0.5, 0.6) is 5.75 Å². The highest BCUT2D eigenvalue weighted by atomic mass is 35.5. The summed E-state index contributed by atoms with van der Waals surface area (Å²) in [6, 6.07) is 15.0. The van der Waals surface area contributed by atoms with Gasteiger partial charge in [0.05, 0.1) is 16.4 Å². The van der Waals surface area contributed by atoms with Gasteiger partial charge in [-0.1, -0.05) is 41.4 Å². The van der Waals surface area contributed by atoms with Gasteiger partial charge in [-0.25, -0.2) is 4.98 Å². The van der Waals surface area contributed by atoms with Crippen LogP contribution in [0.4, 0.5) is 5.13 Å². The lowest BCUT2D eigenvalue weighted by molar-refractivity contribution is 0.376. The first-order valence-electron chi connectivity index (χ1n) is 7.50. The molecule has 7 heteroatoms. The van der Waals surface area contributed by atoms with Crippen molar-refractivity contribution in [3.8, 4) is 17.0 Å². The van der Waals surface area contributed by atoms with Crippen LogP contribution in [-0.2, 0) is 0 Å². The van der Waals surface area contributed by atoms with Gasteiger partial charge in [0.25, 0.3) is 0 Å². The van der Waals surface area contributed by atoms with Crippen molar-refractivity contribution in [3.05, 3.63) is 64.0 Å². The molecule has 0 amide bonds. The summed E-state index contributed by atoms with van der Waals surface area (Å²) in [5, 5.41) is 8.06. The monoisotopic (exact) mass is 391 g/mol. The van der Waals surface area contributed by atoms with Crippen LogP contribution in [0, 0.1) is 0 Å². The molecule has 3 rings (SSSR count). The Morgan fingerprint density at radius 3 is 2.76 bits per heavy atom. The van der Waals surface area contributed by atoms with Crippen LogP contribution in [0.3, 0.4) is 0 Å². The molecule has 0 bridgehead atoms. The number of hydrazone groups is 1. The van der Waals surface area contributed by atoms with Crippen molar-refractivity contribution in [1.29, 1.82) is 0 Å². The Morgan fingerprint density at radius 2 is 2.00 bits per heavy atom. The topological polar surface area (TPSA) is 46.5 Å². The van der Waals surface area contributed by atoms with E-state index < -0.39 is 0 Å². The number of hydrogen-bond donors (Lipinski definition) is 1. The molecule has 0 saturated carbocycles. The number of aromatic nitrogens is 1. The van der Waals surface area contributed by atoms with E-state index in [1.165, 1.54) is 11.3 Å². The Bertz CT molecular complexity index is 881. The first-order valence-corrected chi connectivity index (χ1v) is 9.13. The van der Waals surface area contributed by atoms with Crippen LogP contribution in [-0.4, -0.2) is 17.3 Å². The van der Waals surface area contributed by atoms with Gasteiger partial charge >= 0.3 is 0 Å². The number of anilines is 1. The van der Waals surface area contributed by atoms with E-state index in [1.54, 1.807) is 12.1 Å². The molecule has 1 aromatic heterocycles. The normalized spacial score (nSPS) is 11.4. The maximum Gasteiger partial charge on any atom is 0.203 e. The fourth-order valence-electron chi connectivity index (χ4n) is 2.03. The third-order valence-corrected chi connectivity index (χ3v) is 4.54. The molecule has 0 spiro atoms. The highest BCUT2D eigenvalue weighted by Gasteiger charge is 2.08. The molecule has 25 heavy (non-hydrogen) atoms. The molecule has 1 N–H and O–H groups in total. The molecule has 128 valence electrons. The van der Waals surface area contributed by atoms with E-state index in [0.29, 0.717) is 21.8 Å². The van der Waals surface area contributed by atoms with E-state index in [-0.39, 0.29) is 0 Å². The quantitative estimate of drug-likeness (QED) is 0.414. The maximum absolute atomic E-state index is 6.22. The molecule has 0 aliphatic rings. The number of nitrogens with one attached hydrogen (secondary N) is 1. The van der Waals surface area contributed by atoms with Crippen LogP contribution < -0.4 is 10.2 Å². The number of para-hydroxylation sites is 1. The summed E-state index contributed by atoms with van der Waals surface area (Å²) in [5.41, 5.74) is 5.37. The molecule has 1 heterocycles.